The van der Waals surface area contributed by atoms with Crippen molar-refractivity contribution in [3.05, 3.63) is 161 Å². The highest BCUT2D eigenvalue weighted by molar-refractivity contribution is 6.15. The van der Waals surface area contributed by atoms with Crippen molar-refractivity contribution in [1.82, 2.24) is 5.32 Å². The average molecular weight is 894 g/mol. The van der Waals surface area contributed by atoms with Crippen molar-refractivity contribution in [1.29, 1.82) is 0 Å². The number of fused-ring (bicyclic) bond motifs is 2. The normalized spacial score (nSPS) is 15.9. The molecule has 0 radical (unpaired) electrons. The summed E-state index contributed by atoms with van der Waals surface area (Å²) >= 11 is 0. The predicted molar refractivity (Wildman–Crippen MR) is 255 cm³/mol. The van der Waals surface area contributed by atoms with Crippen LogP contribution in [0.2, 0.25) is 0 Å². The summed E-state index contributed by atoms with van der Waals surface area (Å²) in [4.78, 5) is 72.5. The Morgan fingerprint density at radius 2 is 1.39 bits per heavy atom. The number of rotatable bonds is 11. The van der Waals surface area contributed by atoms with Crippen LogP contribution in [0, 0.1) is 5.92 Å². The molecule has 4 N–H and O–H groups in total. The molecule has 0 spiro atoms. The molecule has 1 heterocycles. The molecule has 0 aromatic heterocycles. The van der Waals surface area contributed by atoms with E-state index in [2.05, 4.69) is 41.6 Å². The number of benzene rings is 5. The zero-order valence-corrected chi connectivity index (χ0v) is 38.3. The standard InChI is InChI=1S/C53H59N5O8/c1-35(2)31-44-39-21-29-46(66-53(3,4)5)48(44)43(38-19-13-8-14-20-38)28-26-42(59)27-30-47(60)56-45(32-39)49(61)55-40-22-24-41(25-23-40)58(52(63)65-34-37-17-11-7-12-18-37)50(54)57-51(62)64-33-36-15-9-6-10-16-36/h6-25,29,35,43,45H,26-28,30-34H2,1-5H3,(H,55,61)(H,56,60)(H2,54,57,62). The molecule has 0 saturated heterocycles. The summed E-state index contributed by atoms with van der Waals surface area (Å²) in [7, 11) is 0. The van der Waals surface area contributed by atoms with E-state index in [9.17, 15) is 24.0 Å². The lowest BCUT2D eigenvalue weighted by Crippen LogP contribution is -2.45. The third-order valence-electron chi connectivity index (χ3n) is 10.8. The lowest BCUT2D eigenvalue weighted by Gasteiger charge is -2.31. The number of aliphatic imine (C=N–C) groups is 1. The van der Waals surface area contributed by atoms with Gasteiger partial charge >= 0.3 is 12.2 Å². The minimum Gasteiger partial charge on any atom is -0.488 e. The Bertz CT molecular complexity index is 2490. The highest BCUT2D eigenvalue weighted by Gasteiger charge is 2.31. The number of amides is 4. The second-order valence-corrected chi connectivity index (χ2v) is 17.7. The summed E-state index contributed by atoms with van der Waals surface area (Å²) in [6, 6.07) is 37.2. The molecule has 5 aromatic carbocycles. The molecule has 344 valence electrons. The molecule has 13 nitrogen and oxygen atoms in total. The van der Waals surface area contributed by atoms with Gasteiger partial charge in [-0.05, 0) is 97.7 Å². The fourth-order valence-electron chi connectivity index (χ4n) is 7.81. The first-order valence-corrected chi connectivity index (χ1v) is 22.3. The van der Waals surface area contributed by atoms with Gasteiger partial charge in [0.2, 0.25) is 17.8 Å². The Morgan fingerprint density at radius 3 is 2.00 bits per heavy atom. The summed E-state index contributed by atoms with van der Waals surface area (Å²) in [5.74, 6) is -0.711. The SMILES string of the molecule is CC(C)Cc1c2ccc(OC(C)(C)C)c1C(c1ccccc1)CCC(=O)CCC(=O)NC(C(=O)Nc1ccc(N(C(=O)OCc3ccccc3)C(N)=NC(=O)OCc3ccccc3)cc1)C2. The average Bonchev–Trinajstić information content (AvgIpc) is 3.29. The summed E-state index contributed by atoms with van der Waals surface area (Å²) in [6.45, 7) is 10.1. The van der Waals surface area contributed by atoms with E-state index in [1.807, 2.05) is 87.5 Å². The van der Waals surface area contributed by atoms with Crippen molar-refractivity contribution in [2.24, 2.45) is 16.6 Å². The van der Waals surface area contributed by atoms with Crippen LogP contribution in [-0.2, 0) is 49.9 Å². The van der Waals surface area contributed by atoms with Crippen molar-refractivity contribution in [3.8, 4) is 5.75 Å². The van der Waals surface area contributed by atoms with E-state index in [1.54, 1.807) is 36.4 Å². The van der Waals surface area contributed by atoms with Crippen LogP contribution < -0.4 is 26.0 Å². The van der Waals surface area contributed by atoms with Crippen LogP contribution in [0.15, 0.2) is 132 Å². The molecule has 1 aliphatic rings. The van der Waals surface area contributed by atoms with Gasteiger partial charge in [0.15, 0.2) is 0 Å². The predicted octanol–water partition coefficient (Wildman–Crippen LogP) is 9.80. The number of Topliss-reactive ketones (excluding diaryl/α,β-unsaturated/α-hetero) is 1. The van der Waals surface area contributed by atoms with Gasteiger partial charge in [0.05, 0.1) is 5.69 Å². The summed E-state index contributed by atoms with van der Waals surface area (Å²) in [5.41, 5.74) is 11.7. The molecule has 6 rings (SSSR count). The monoisotopic (exact) mass is 893 g/mol. The topological polar surface area (TPSA) is 179 Å². The van der Waals surface area contributed by atoms with E-state index < -0.39 is 41.6 Å². The fourth-order valence-corrected chi connectivity index (χ4v) is 7.81. The van der Waals surface area contributed by atoms with Gasteiger partial charge in [0.25, 0.3) is 0 Å². The number of hydrogen-bond acceptors (Lipinski definition) is 8. The van der Waals surface area contributed by atoms with Crippen molar-refractivity contribution < 1.29 is 38.2 Å². The van der Waals surface area contributed by atoms with Gasteiger partial charge in [0.1, 0.15) is 36.4 Å². The molecular weight excluding hydrogens is 835 g/mol. The third-order valence-corrected chi connectivity index (χ3v) is 10.8. The van der Waals surface area contributed by atoms with Crippen LogP contribution in [0.1, 0.15) is 99.6 Å². The first kappa shape index (κ1) is 48.2. The maximum Gasteiger partial charge on any atom is 0.437 e. The minimum absolute atomic E-state index is 0.0341. The van der Waals surface area contributed by atoms with Crippen molar-refractivity contribution in [2.45, 2.75) is 104 Å². The molecule has 0 aliphatic carbocycles. The van der Waals surface area contributed by atoms with E-state index in [0.717, 1.165) is 44.0 Å². The summed E-state index contributed by atoms with van der Waals surface area (Å²) in [6.07, 6.45) is -0.353. The molecule has 2 atom stereocenters. The Labute approximate surface area is 386 Å². The van der Waals surface area contributed by atoms with Crippen LogP contribution in [-0.4, -0.2) is 47.4 Å². The van der Waals surface area contributed by atoms with Gasteiger partial charge in [-0.15, -0.1) is 4.99 Å². The molecule has 4 amide bonds. The lowest BCUT2D eigenvalue weighted by atomic mass is 9.79. The Kier molecular flexibility index (Phi) is 16.5. The number of guanidine groups is 1. The quantitative estimate of drug-likeness (QED) is 0.0860. The fraction of sp³-hybridized carbons (Fsp3) is 0.321. The maximum atomic E-state index is 14.4. The van der Waals surface area contributed by atoms with Crippen LogP contribution in [0.25, 0.3) is 0 Å². The Hall–Kier alpha value is -7.28. The van der Waals surface area contributed by atoms with E-state index >= 15 is 0 Å². The molecule has 0 saturated carbocycles. The summed E-state index contributed by atoms with van der Waals surface area (Å²) < 4.78 is 17.5. The van der Waals surface area contributed by atoms with E-state index in [0.29, 0.717) is 18.5 Å². The first-order chi connectivity index (χ1) is 31.6. The highest BCUT2D eigenvalue weighted by atomic mass is 16.6. The number of nitrogens with zero attached hydrogens (tertiary/aromatic N) is 2. The minimum atomic E-state index is -1.04. The van der Waals surface area contributed by atoms with Gasteiger partial charge in [-0.3, -0.25) is 14.4 Å². The van der Waals surface area contributed by atoms with Gasteiger partial charge in [-0.25, -0.2) is 14.5 Å². The highest BCUT2D eigenvalue weighted by Crippen LogP contribution is 2.42. The number of anilines is 2. The second-order valence-electron chi connectivity index (χ2n) is 17.7. The molecule has 5 aromatic rings. The molecule has 2 unspecified atom stereocenters. The van der Waals surface area contributed by atoms with Crippen LogP contribution in [0.5, 0.6) is 5.75 Å². The summed E-state index contributed by atoms with van der Waals surface area (Å²) in [5, 5.41) is 5.86. The van der Waals surface area contributed by atoms with Gasteiger partial charge < -0.3 is 30.6 Å². The second kappa shape index (κ2) is 22.6. The van der Waals surface area contributed by atoms with Gasteiger partial charge in [-0.2, -0.15) is 0 Å². The molecular formula is C53H59N5O8. The molecule has 1 aliphatic heterocycles. The van der Waals surface area contributed by atoms with Crippen LogP contribution >= 0.6 is 0 Å². The number of nitrogens with one attached hydrogen (secondary N) is 2. The first-order valence-electron chi connectivity index (χ1n) is 22.3. The smallest absolute Gasteiger partial charge is 0.437 e. The Balaban J connectivity index is 1.31. The van der Waals surface area contributed by atoms with Crippen LogP contribution in [0.4, 0.5) is 21.0 Å². The number of carbonyl (C=O) groups excluding carboxylic acids is 5. The molecule has 13 heteroatoms. The van der Waals surface area contributed by atoms with Crippen molar-refractivity contribution in [3.63, 3.8) is 0 Å². The van der Waals surface area contributed by atoms with E-state index in [4.69, 9.17) is 19.9 Å². The van der Waals surface area contributed by atoms with Gasteiger partial charge in [-0.1, -0.05) is 111 Å². The molecule has 66 heavy (non-hydrogen) atoms. The maximum absolute atomic E-state index is 14.4. The van der Waals surface area contributed by atoms with E-state index in [1.165, 1.54) is 12.1 Å². The third kappa shape index (κ3) is 13.9. The zero-order valence-electron chi connectivity index (χ0n) is 38.3. The molecule has 2 bridgehead atoms. The lowest BCUT2D eigenvalue weighted by molar-refractivity contribution is -0.128. The van der Waals surface area contributed by atoms with Crippen molar-refractivity contribution >= 4 is 47.1 Å². The number of nitrogens with two attached hydrogens (primary N) is 1. The van der Waals surface area contributed by atoms with Crippen molar-refractivity contribution in [2.75, 3.05) is 10.2 Å². The number of ketones is 1. The zero-order chi connectivity index (χ0) is 47.2. The number of carbonyl (C=O) groups is 5. The van der Waals surface area contributed by atoms with E-state index in [-0.39, 0.29) is 62.2 Å². The van der Waals surface area contributed by atoms with Crippen LogP contribution in [0.3, 0.4) is 0 Å². The largest absolute Gasteiger partial charge is 0.488 e. The number of hydrogen-bond donors (Lipinski definition) is 3. The van der Waals surface area contributed by atoms with Gasteiger partial charge in [0, 0.05) is 42.9 Å². The molecule has 0 fully saturated rings. The number of ether oxygens (including phenoxy) is 3. The Morgan fingerprint density at radius 1 is 0.788 bits per heavy atom.